The summed E-state index contributed by atoms with van der Waals surface area (Å²) in [5.41, 5.74) is -4.24. The first kappa shape index (κ1) is 55.0. The standard InChI is InChI=1S/C46H86N2O14/c1-16-19-55-22-23-56-20-18-21-57-41-33(8)59-36(26-45(41,10)54-15)61-38-30(5)40(62-43-37(49)34(47(12)13)24-29(4)58-43)44(9,52)25-28(3)27-48(14)32(7)39(50)46(11,53)35(17-2)60-42(51)31(38)6/h16,28-41,43,49-50,52-53H,1,17-27H2,2-15H3/t28-,29-,30+,31-,32-,33+,34+,35-,36+,37-,38+,39-,40-,41+,43+,44-,45-,46-/m1/s1. The Hall–Kier alpha value is -1.35. The van der Waals surface area contributed by atoms with Gasteiger partial charge in [0.2, 0.25) is 0 Å². The van der Waals surface area contributed by atoms with E-state index in [1.807, 2.05) is 72.5 Å². The van der Waals surface area contributed by atoms with Gasteiger partial charge >= 0.3 is 5.97 Å². The molecule has 3 aliphatic heterocycles. The Labute approximate surface area is 372 Å². The molecule has 364 valence electrons. The minimum Gasteiger partial charge on any atom is -0.459 e. The Balaban J connectivity index is 2.03. The molecule has 3 aliphatic rings. The summed E-state index contributed by atoms with van der Waals surface area (Å²) in [7, 11) is 7.26. The van der Waals surface area contributed by atoms with E-state index in [1.54, 1.807) is 34.0 Å². The summed E-state index contributed by atoms with van der Waals surface area (Å²) < 4.78 is 56.2. The number of rotatable bonds is 17. The maximum absolute atomic E-state index is 14.5. The largest absolute Gasteiger partial charge is 0.459 e. The van der Waals surface area contributed by atoms with E-state index in [2.05, 4.69) is 6.58 Å². The van der Waals surface area contributed by atoms with Crippen LogP contribution in [-0.4, -0.2) is 194 Å². The molecule has 0 aliphatic carbocycles. The quantitative estimate of drug-likeness (QED) is 0.0943. The highest BCUT2D eigenvalue weighted by atomic mass is 16.7. The highest BCUT2D eigenvalue weighted by molar-refractivity contribution is 5.73. The average Bonchev–Trinajstić information content (AvgIpc) is 3.20. The van der Waals surface area contributed by atoms with E-state index in [0.29, 0.717) is 52.4 Å². The van der Waals surface area contributed by atoms with Gasteiger partial charge in [-0.25, -0.2) is 0 Å². The van der Waals surface area contributed by atoms with Crippen molar-refractivity contribution >= 4 is 5.97 Å². The van der Waals surface area contributed by atoms with Gasteiger partial charge < -0.3 is 72.9 Å². The van der Waals surface area contributed by atoms with E-state index in [9.17, 15) is 25.2 Å². The molecule has 0 unspecified atom stereocenters. The Morgan fingerprint density at radius 1 is 0.935 bits per heavy atom. The highest BCUT2D eigenvalue weighted by Crippen LogP contribution is 2.41. The predicted octanol–water partition coefficient (Wildman–Crippen LogP) is 3.53. The molecular weight excluding hydrogens is 805 g/mol. The van der Waals surface area contributed by atoms with Gasteiger partial charge in [-0.3, -0.25) is 4.79 Å². The fourth-order valence-electron chi connectivity index (χ4n) is 9.79. The summed E-state index contributed by atoms with van der Waals surface area (Å²) in [4.78, 5) is 18.3. The number of methoxy groups -OCH3 is 1. The van der Waals surface area contributed by atoms with E-state index in [4.69, 9.17) is 42.6 Å². The summed E-state index contributed by atoms with van der Waals surface area (Å²) in [5, 5.41) is 47.8. The molecule has 3 fully saturated rings. The van der Waals surface area contributed by atoms with E-state index < -0.39 is 96.0 Å². The van der Waals surface area contributed by atoms with Gasteiger partial charge in [0.05, 0.1) is 61.4 Å². The van der Waals surface area contributed by atoms with Gasteiger partial charge in [-0.2, -0.15) is 0 Å². The lowest BCUT2D eigenvalue weighted by Gasteiger charge is -2.49. The van der Waals surface area contributed by atoms with Crippen LogP contribution in [0.3, 0.4) is 0 Å². The van der Waals surface area contributed by atoms with Crippen LogP contribution in [0.15, 0.2) is 12.7 Å². The number of hydrogen-bond acceptors (Lipinski definition) is 16. The van der Waals surface area contributed by atoms with Crippen molar-refractivity contribution in [2.75, 3.05) is 67.8 Å². The van der Waals surface area contributed by atoms with Gasteiger partial charge in [-0.05, 0) is 101 Å². The first-order valence-electron chi connectivity index (χ1n) is 22.9. The van der Waals surface area contributed by atoms with Crippen LogP contribution in [-0.2, 0) is 47.4 Å². The number of nitrogens with zero attached hydrogens (tertiary/aromatic N) is 2. The number of cyclic esters (lactones) is 1. The van der Waals surface area contributed by atoms with Crippen molar-refractivity contribution in [3.8, 4) is 0 Å². The minimum absolute atomic E-state index is 0.148. The van der Waals surface area contributed by atoms with Crippen molar-refractivity contribution in [2.45, 2.75) is 192 Å². The van der Waals surface area contributed by atoms with Crippen LogP contribution < -0.4 is 0 Å². The lowest BCUT2D eigenvalue weighted by Crippen LogP contribution is -2.61. The Morgan fingerprint density at radius 2 is 1.60 bits per heavy atom. The Morgan fingerprint density at radius 3 is 2.21 bits per heavy atom. The summed E-state index contributed by atoms with van der Waals surface area (Å²) in [5.74, 6) is -2.58. The van der Waals surface area contributed by atoms with Crippen molar-refractivity contribution < 1.29 is 67.9 Å². The zero-order chi connectivity index (χ0) is 46.7. The minimum atomic E-state index is -1.81. The fourth-order valence-corrected chi connectivity index (χ4v) is 9.79. The summed E-state index contributed by atoms with van der Waals surface area (Å²) >= 11 is 0. The summed E-state index contributed by atoms with van der Waals surface area (Å²) in [6.45, 7) is 24.5. The SMILES string of the molecule is C=CCOCCOCCCO[C@H]1[C@H](C)O[C@@H](O[C@H]2[C@H](C)[C@@H](O[C@@H]3O[C@H](C)C[C@H](N(C)C)[C@H]3O)[C@](C)(O)C[C@@H](C)CN(C)[C@H](C)[C@@H](O)[C@](C)(O)[C@@H](CC)OC(=O)[C@@H]2C)C[C@@]1(C)OC. The molecule has 0 aromatic carbocycles. The van der Waals surface area contributed by atoms with E-state index >= 15 is 0 Å². The number of aliphatic hydroxyl groups excluding tert-OH is 2. The van der Waals surface area contributed by atoms with E-state index in [1.165, 1.54) is 6.92 Å². The molecule has 0 amide bonds. The Kier molecular flexibility index (Phi) is 21.7. The smallest absolute Gasteiger partial charge is 0.311 e. The Bertz CT molecular complexity index is 1340. The van der Waals surface area contributed by atoms with Gasteiger partial charge in [0, 0.05) is 51.3 Å². The first-order valence-corrected chi connectivity index (χ1v) is 22.9. The molecule has 16 nitrogen and oxygen atoms in total. The third-order valence-electron chi connectivity index (χ3n) is 13.5. The zero-order valence-corrected chi connectivity index (χ0v) is 40.5. The van der Waals surface area contributed by atoms with Crippen molar-refractivity contribution in [2.24, 2.45) is 17.8 Å². The topological polar surface area (TPSA) is 188 Å². The molecule has 3 heterocycles. The lowest BCUT2D eigenvalue weighted by atomic mass is 9.77. The van der Waals surface area contributed by atoms with Crippen LogP contribution in [0, 0.1) is 17.8 Å². The first-order chi connectivity index (χ1) is 28.9. The van der Waals surface area contributed by atoms with Crippen LogP contribution in [0.25, 0.3) is 0 Å². The molecule has 4 N–H and O–H groups in total. The van der Waals surface area contributed by atoms with Gasteiger partial charge in [-0.1, -0.05) is 26.8 Å². The molecule has 62 heavy (non-hydrogen) atoms. The molecule has 3 rings (SSSR count). The maximum atomic E-state index is 14.5. The monoisotopic (exact) mass is 891 g/mol. The molecule has 0 saturated carbocycles. The third-order valence-corrected chi connectivity index (χ3v) is 13.5. The van der Waals surface area contributed by atoms with Crippen LogP contribution in [0.5, 0.6) is 0 Å². The normalized spacial score (nSPS) is 43.5. The highest BCUT2D eigenvalue weighted by Gasteiger charge is 2.53. The average molecular weight is 891 g/mol. The number of ether oxygens (including phenoxy) is 9. The van der Waals surface area contributed by atoms with E-state index in [0.717, 1.165) is 0 Å². The zero-order valence-electron chi connectivity index (χ0n) is 40.5. The predicted molar refractivity (Wildman–Crippen MR) is 234 cm³/mol. The number of carbonyl (C=O) groups is 1. The molecule has 0 aromatic rings. The van der Waals surface area contributed by atoms with Crippen molar-refractivity contribution in [1.82, 2.24) is 9.80 Å². The van der Waals surface area contributed by atoms with Crippen LogP contribution in [0.4, 0.5) is 0 Å². The number of carbonyl (C=O) groups excluding carboxylic acids is 1. The van der Waals surface area contributed by atoms with Gasteiger partial charge in [0.25, 0.3) is 0 Å². The molecular formula is C46H86N2O14. The molecule has 0 radical (unpaired) electrons. The maximum Gasteiger partial charge on any atom is 0.311 e. The molecule has 16 heteroatoms. The third kappa shape index (κ3) is 14.3. The number of hydrogen-bond donors (Lipinski definition) is 4. The summed E-state index contributed by atoms with van der Waals surface area (Å²) in [6, 6.07) is -0.820. The number of likely N-dealkylation sites (N-methyl/N-ethyl adjacent to an activating group) is 2. The summed E-state index contributed by atoms with van der Waals surface area (Å²) in [6.07, 6.45) is -5.10. The second-order valence-electron chi connectivity index (χ2n) is 19.3. The fraction of sp³-hybridized carbons (Fsp3) is 0.935. The molecule has 0 spiro atoms. The lowest BCUT2D eigenvalue weighted by molar-refractivity contribution is -0.320. The van der Waals surface area contributed by atoms with Gasteiger partial charge in [0.15, 0.2) is 12.6 Å². The van der Waals surface area contributed by atoms with Gasteiger partial charge in [0.1, 0.15) is 30.0 Å². The van der Waals surface area contributed by atoms with Crippen molar-refractivity contribution in [3.63, 3.8) is 0 Å². The van der Waals surface area contributed by atoms with Crippen LogP contribution in [0.1, 0.15) is 101 Å². The van der Waals surface area contributed by atoms with Crippen molar-refractivity contribution in [3.05, 3.63) is 12.7 Å². The molecule has 0 bridgehead atoms. The molecule has 3 saturated heterocycles. The van der Waals surface area contributed by atoms with Gasteiger partial charge in [-0.15, -0.1) is 6.58 Å². The van der Waals surface area contributed by atoms with Crippen LogP contribution in [0.2, 0.25) is 0 Å². The van der Waals surface area contributed by atoms with Crippen LogP contribution >= 0.6 is 0 Å². The number of aliphatic hydroxyl groups is 4. The van der Waals surface area contributed by atoms with Crippen molar-refractivity contribution in [1.29, 1.82) is 0 Å². The molecule has 18 atom stereocenters. The number of esters is 1. The second-order valence-corrected chi connectivity index (χ2v) is 19.3. The molecule has 0 aromatic heterocycles. The second kappa shape index (κ2) is 24.4. The van der Waals surface area contributed by atoms with E-state index in [-0.39, 0.29) is 37.3 Å².